The molecule has 0 saturated carbocycles. The molecule has 0 aliphatic carbocycles. The fourth-order valence-corrected chi connectivity index (χ4v) is 0.394. The van der Waals surface area contributed by atoms with Gasteiger partial charge in [0.05, 0.1) is 19.4 Å². The van der Waals surface area contributed by atoms with Gasteiger partial charge in [0.25, 0.3) is 0 Å². The van der Waals surface area contributed by atoms with Gasteiger partial charge < -0.3 is 0 Å². The van der Waals surface area contributed by atoms with Crippen molar-refractivity contribution in [3.05, 3.63) is 0 Å². The second-order valence-electron chi connectivity index (χ2n) is 1.26. The topological polar surface area (TPSA) is 41.6 Å². The Labute approximate surface area is 36.4 Å². The first-order valence-electron chi connectivity index (χ1n) is 1.91. The summed E-state index contributed by atoms with van der Waals surface area (Å²) in [6, 6.07) is 0. The molecule has 2 N–H and O–H groups in total. The predicted octanol–water partition coefficient (Wildman–Crippen LogP) is -0.796. The largest absolute Gasteiger partial charge is 0.299 e. The maximum absolute atomic E-state index is 5.22. The molecule has 0 saturated heterocycles. The predicted molar refractivity (Wildman–Crippen MR) is 24.3 cm³/mol. The highest BCUT2D eigenvalue weighted by Gasteiger charge is 1.94. The molecule has 3 nitrogen and oxygen atoms in total. The molecule has 1 heterocycles. The van der Waals surface area contributed by atoms with Gasteiger partial charge in [-0.3, -0.25) is 10.0 Å². The molecule has 0 aromatic heterocycles. The van der Waals surface area contributed by atoms with Crippen LogP contribution in [-0.4, -0.2) is 24.4 Å². The van der Waals surface area contributed by atoms with Crippen molar-refractivity contribution in [2.45, 2.75) is 0 Å². The minimum absolute atomic E-state index is 0.858. The van der Waals surface area contributed by atoms with Crippen molar-refractivity contribution in [3.63, 3.8) is 0 Å². The summed E-state index contributed by atoms with van der Waals surface area (Å²) in [5, 5.41) is 1.57. The Hall–Kier alpha value is -0.570. The molecule has 3 heteroatoms. The van der Waals surface area contributed by atoms with Crippen molar-refractivity contribution in [2.24, 2.45) is 10.8 Å². The molecule has 0 bridgehead atoms. The van der Waals surface area contributed by atoms with E-state index in [0.29, 0.717) is 0 Å². The van der Waals surface area contributed by atoms with Crippen LogP contribution in [0.2, 0.25) is 0 Å². The molecule has 0 aromatic rings. The maximum Gasteiger partial charge on any atom is 0.0991 e. The third kappa shape index (κ3) is 0.490. The third-order valence-electron chi connectivity index (χ3n) is 0.717. The SMILES string of the molecule is NN1C=NCC1. The summed E-state index contributed by atoms with van der Waals surface area (Å²) in [6.07, 6.45) is 1.64. The van der Waals surface area contributed by atoms with E-state index in [1.807, 2.05) is 0 Å². The maximum atomic E-state index is 5.22. The average Bonchev–Trinajstić information content (AvgIpc) is 1.86. The van der Waals surface area contributed by atoms with Gasteiger partial charge in [0, 0.05) is 0 Å². The zero-order chi connectivity index (χ0) is 4.41. The van der Waals surface area contributed by atoms with E-state index in [0.717, 1.165) is 13.1 Å². The number of hydrogen-bond acceptors (Lipinski definition) is 3. The third-order valence-corrected chi connectivity index (χ3v) is 0.717. The molecule has 1 rings (SSSR count). The Balaban J connectivity index is 2.38. The summed E-state index contributed by atoms with van der Waals surface area (Å²) >= 11 is 0. The second kappa shape index (κ2) is 1.26. The zero-order valence-corrected chi connectivity index (χ0v) is 3.46. The van der Waals surface area contributed by atoms with Gasteiger partial charge >= 0.3 is 0 Å². The highest BCUT2D eigenvalue weighted by Crippen LogP contribution is 1.81. The van der Waals surface area contributed by atoms with Crippen LogP contribution in [0.1, 0.15) is 0 Å². The summed E-state index contributed by atoms with van der Waals surface area (Å²) < 4.78 is 0. The minimum atomic E-state index is 0.858. The average molecular weight is 85.1 g/mol. The summed E-state index contributed by atoms with van der Waals surface area (Å²) in [7, 11) is 0. The second-order valence-corrected chi connectivity index (χ2v) is 1.26. The molecule has 0 fully saturated rings. The van der Waals surface area contributed by atoms with Crippen LogP contribution in [0.4, 0.5) is 0 Å². The molecular weight excluding hydrogens is 78.1 g/mol. The molecule has 0 aromatic carbocycles. The van der Waals surface area contributed by atoms with E-state index in [1.54, 1.807) is 11.3 Å². The van der Waals surface area contributed by atoms with Gasteiger partial charge in [-0.2, -0.15) is 0 Å². The van der Waals surface area contributed by atoms with Gasteiger partial charge in [0.1, 0.15) is 0 Å². The minimum Gasteiger partial charge on any atom is -0.299 e. The highest BCUT2D eigenvalue weighted by atomic mass is 15.4. The molecule has 0 amide bonds. The Kier molecular flexibility index (Phi) is 0.759. The highest BCUT2D eigenvalue weighted by molar-refractivity contribution is 5.55. The molecule has 0 atom stereocenters. The van der Waals surface area contributed by atoms with Crippen LogP contribution in [0.15, 0.2) is 4.99 Å². The van der Waals surface area contributed by atoms with Crippen molar-refractivity contribution >= 4 is 6.34 Å². The van der Waals surface area contributed by atoms with Crippen LogP contribution >= 0.6 is 0 Å². The van der Waals surface area contributed by atoms with Gasteiger partial charge in [-0.05, 0) is 0 Å². The van der Waals surface area contributed by atoms with E-state index < -0.39 is 0 Å². The molecule has 34 valence electrons. The quantitative estimate of drug-likeness (QED) is 0.391. The Morgan fingerprint density at radius 2 is 2.67 bits per heavy atom. The van der Waals surface area contributed by atoms with Crippen molar-refractivity contribution < 1.29 is 0 Å². The van der Waals surface area contributed by atoms with Gasteiger partial charge in [0.2, 0.25) is 0 Å². The monoisotopic (exact) mass is 85.1 g/mol. The number of nitrogens with two attached hydrogens (primary N) is 1. The summed E-state index contributed by atoms with van der Waals surface area (Å²) in [5.41, 5.74) is 0. The van der Waals surface area contributed by atoms with Crippen LogP contribution < -0.4 is 5.84 Å². The number of aliphatic imine (C=N–C) groups is 1. The van der Waals surface area contributed by atoms with Crippen molar-refractivity contribution in [2.75, 3.05) is 13.1 Å². The summed E-state index contributed by atoms with van der Waals surface area (Å²) in [6.45, 7) is 1.73. The lowest BCUT2D eigenvalue weighted by atomic mass is 10.7. The van der Waals surface area contributed by atoms with Gasteiger partial charge in [-0.25, -0.2) is 5.84 Å². The molecule has 1 aliphatic heterocycles. The van der Waals surface area contributed by atoms with E-state index in [2.05, 4.69) is 4.99 Å². The number of nitrogens with zero attached hydrogens (tertiary/aromatic N) is 2. The van der Waals surface area contributed by atoms with Crippen molar-refractivity contribution in [1.29, 1.82) is 0 Å². The normalized spacial score (nSPS) is 19.8. The molecule has 0 spiro atoms. The lowest BCUT2D eigenvalue weighted by Crippen LogP contribution is -2.26. The van der Waals surface area contributed by atoms with E-state index in [1.165, 1.54) is 0 Å². The Bertz CT molecular complexity index is 68.4. The van der Waals surface area contributed by atoms with Gasteiger partial charge in [0.15, 0.2) is 0 Å². The van der Waals surface area contributed by atoms with Gasteiger partial charge in [-0.1, -0.05) is 0 Å². The van der Waals surface area contributed by atoms with E-state index in [-0.39, 0.29) is 0 Å². The van der Waals surface area contributed by atoms with Crippen LogP contribution in [-0.2, 0) is 0 Å². The molecule has 6 heavy (non-hydrogen) atoms. The van der Waals surface area contributed by atoms with Crippen LogP contribution in [0.5, 0.6) is 0 Å². The van der Waals surface area contributed by atoms with Crippen molar-refractivity contribution in [3.8, 4) is 0 Å². The lowest BCUT2D eigenvalue weighted by Gasteiger charge is -1.99. The number of hydrazine groups is 1. The lowest BCUT2D eigenvalue weighted by molar-refractivity contribution is 0.495. The van der Waals surface area contributed by atoms with E-state index in [4.69, 9.17) is 5.84 Å². The standard InChI is InChI=1S/C3H7N3/c4-6-2-1-5-3-6/h3H,1-2,4H2. The smallest absolute Gasteiger partial charge is 0.0991 e. The fraction of sp³-hybridized carbons (Fsp3) is 0.667. The fourth-order valence-electron chi connectivity index (χ4n) is 0.394. The first kappa shape index (κ1) is 3.61. The van der Waals surface area contributed by atoms with Crippen LogP contribution in [0.25, 0.3) is 0 Å². The number of rotatable bonds is 0. The molecular formula is C3H7N3. The van der Waals surface area contributed by atoms with Crippen molar-refractivity contribution in [1.82, 2.24) is 5.01 Å². The summed E-state index contributed by atoms with van der Waals surface area (Å²) in [4.78, 5) is 3.84. The first-order chi connectivity index (χ1) is 2.89. The molecule has 1 aliphatic rings. The number of hydrogen-bond donors (Lipinski definition) is 1. The first-order valence-corrected chi connectivity index (χ1v) is 1.91. The Morgan fingerprint density at radius 1 is 1.83 bits per heavy atom. The van der Waals surface area contributed by atoms with Gasteiger partial charge in [-0.15, -0.1) is 0 Å². The Morgan fingerprint density at radius 3 is 2.83 bits per heavy atom. The summed E-state index contributed by atoms with van der Waals surface area (Å²) in [5.74, 6) is 5.22. The van der Waals surface area contributed by atoms with Crippen LogP contribution in [0, 0.1) is 0 Å². The zero-order valence-electron chi connectivity index (χ0n) is 3.46. The van der Waals surface area contributed by atoms with E-state index >= 15 is 0 Å². The van der Waals surface area contributed by atoms with E-state index in [9.17, 15) is 0 Å². The van der Waals surface area contributed by atoms with Crippen LogP contribution in [0.3, 0.4) is 0 Å². The molecule has 0 radical (unpaired) electrons. The molecule has 0 unspecified atom stereocenters.